The standard InChI is InChI=1S/C44H53N4O6PS/c1-55-53-28-11-3-2-10-26-46-40(49)16-8-9-17-41(50)48-30-34-12-4-5-13-37(34)42(45)43(38-14-6-7-15-39(38)48)47-27-29-52-35-24-20-33(21-25-35)44(51)54-36-22-18-32(31-56)19-23-36/h4-7,12-15,18-25,47,55-56H,2-3,8-11,16-17,26-31,45H2,1H3,(H,46,49)/b43-42-. The number of amides is 2. The van der Waals surface area contributed by atoms with Gasteiger partial charge in [-0.25, -0.2) is 4.79 Å². The van der Waals surface area contributed by atoms with Crippen LogP contribution in [0.4, 0.5) is 5.69 Å². The third-order valence-electron chi connectivity index (χ3n) is 9.43. The van der Waals surface area contributed by atoms with Crippen molar-refractivity contribution in [3.05, 3.63) is 125 Å². The fourth-order valence-corrected chi connectivity index (χ4v) is 6.98. The number of fused-ring (bicyclic) bond motifs is 2. The molecule has 2 amide bonds. The third-order valence-corrected chi connectivity index (χ3v) is 10.3. The molecule has 0 spiro atoms. The third kappa shape index (κ3) is 12.6. The summed E-state index contributed by atoms with van der Waals surface area (Å²) in [6.07, 6.45) is 6.15. The number of carbonyl (C=O) groups excluding carboxylic acids is 3. The van der Waals surface area contributed by atoms with Gasteiger partial charge in [0.25, 0.3) is 0 Å². The summed E-state index contributed by atoms with van der Waals surface area (Å²) in [7, 11) is 0.536. The highest BCUT2D eigenvalue weighted by atomic mass is 32.1. The molecule has 0 saturated carbocycles. The van der Waals surface area contributed by atoms with Crippen LogP contribution in [-0.2, 0) is 26.4 Å². The second-order valence-corrected chi connectivity index (χ2v) is 14.5. The zero-order valence-corrected chi connectivity index (χ0v) is 34.0. The van der Waals surface area contributed by atoms with Crippen molar-refractivity contribution < 1.29 is 28.4 Å². The van der Waals surface area contributed by atoms with Gasteiger partial charge in [0, 0.05) is 51.6 Å². The van der Waals surface area contributed by atoms with Gasteiger partial charge in [-0.2, -0.15) is 12.6 Å². The van der Waals surface area contributed by atoms with Crippen LogP contribution in [0.25, 0.3) is 11.4 Å². The van der Waals surface area contributed by atoms with Crippen molar-refractivity contribution in [3.63, 3.8) is 0 Å². The normalized spacial score (nSPS) is 13.7. The second-order valence-electron chi connectivity index (χ2n) is 13.5. The van der Waals surface area contributed by atoms with E-state index in [1.165, 1.54) is 0 Å². The number of nitrogens with one attached hydrogen (secondary N) is 2. The van der Waals surface area contributed by atoms with Gasteiger partial charge in [-0.3, -0.25) is 9.59 Å². The summed E-state index contributed by atoms with van der Waals surface area (Å²) >= 11 is 4.26. The van der Waals surface area contributed by atoms with Crippen molar-refractivity contribution in [2.45, 2.75) is 63.7 Å². The number of esters is 1. The van der Waals surface area contributed by atoms with Gasteiger partial charge in [-0.15, -0.1) is 0 Å². The fourth-order valence-electron chi connectivity index (χ4n) is 6.42. The lowest BCUT2D eigenvalue weighted by Crippen LogP contribution is -2.34. The number of benzene rings is 4. The monoisotopic (exact) mass is 796 g/mol. The molecule has 1 aliphatic heterocycles. The highest BCUT2D eigenvalue weighted by Crippen LogP contribution is 2.35. The van der Waals surface area contributed by atoms with Gasteiger partial charge in [0.15, 0.2) is 0 Å². The molecule has 4 N–H and O–H groups in total. The fraction of sp³-hybridized carbons (Fsp3) is 0.341. The van der Waals surface area contributed by atoms with Crippen LogP contribution in [0.2, 0.25) is 0 Å². The van der Waals surface area contributed by atoms with Gasteiger partial charge in [0.05, 0.1) is 35.8 Å². The Morgan fingerprint density at radius 1 is 0.768 bits per heavy atom. The minimum atomic E-state index is -0.455. The molecule has 0 saturated heterocycles. The van der Waals surface area contributed by atoms with Crippen LogP contribution in [0.1, 0.15) is 84.0 Å². The highest BCUT2D eigenvalue weighted by Gasteiger charge is 2.26. The molecular weight excluding hydrogens is 744 g/mol. The molecule has 4 aromatic carbocycles. The van der Waals surface area contributed by atoms with Gasteiger partial charge in [0.1, 0.15) is 18.1 Å². The van der Waals surface area contributed by atoms with E-state index in [0.29, 0.717) is 94.9 Å². The van der Waals surface area contributed by atoms with Crippen molar-refractivity contribution in [1.29, 1.82) is 0 Å². The first-order chi connectivity index (χ1) is 27.4. The van der Waals surface area contributed by atoms with Gasteiger partial charge in [-0.05, 0) is 85.9 Å². The first kappa shape index (κ1) is 42.3. The van der Waals surface area contributed by atoms with Crippen LogP contribution in [-0.4, -0.2) is 50.8 Å². The zero-order chi connectivity index (χ0) is 39.5. The number of hydrogen-bond acceptors (Lipinski definition) is 9. The molecule has 0 fully saturated rings. The summed E-state index contributed by atoms with van der Waals surface area (Å²) in [5.74, 6) is 1.24. The number of unbranched alkanes of at least 4 members (excludes halogenated alkanes) is 4. The minimum Gasteiger partial charge on any atom is -0.492 e. The van der Waals surface area contributed by atoms with Crippen molar-refractivity contribution in [1.82, 2.24) is 10.6 Å². The number of anilines is 1. The Morgan fingerprint density at radius 3 is 2.23 bits per heavy atom. The molecule has 10 nitrogen and oxygen atoms in total. The SMILES string of the molecule is CPOCCCCCCNC(=O)CCCCC(=O)N1Cc2ccccc2/C(N)=C(/NCCOc2ccc(C(=O)Oc3ccc(CS)cc3)cc2)c2ccccc21. The molecule has 5 rings (SSSR count). The topological polar surface area (TPSA) is 132 Å². The Hall–Kier alpha value is -4.83. The van der Waals surface area contributed by atoms with Crippen molar-refractivity contribution in [2.75, 3.05) is 37.9 Å². The predicted molar refractivity (Wildman–Crippen MR) is 229 cm³/mol. The number of hydrogen-bond donors (Lipinski definition) is 4. The zero-order valence-electron chi connectivity index (χ0n) is 32.1. The molecule has 1 atom stereocenters. The molecule has 1 unspecified atom stereocenters. The van der Waals surface area contributed by atoms with Crippen LogP contribution < -0.4 is 30.7 Å². The molecule has 12 heteroatoms. The molecule has 0 aromatic heterocycles. The molecule has 1 heterocycles. The van der Waals surface area contributed by atoms with E-state index in [4.69, 9.17) is 19.7 Å². The summed E-state index contributed by atoms with van der Waals surface area (Å²) in [5, 5.41) is 6.51. The quantitative estimate of drug-likeness (QED) is 0.0219. The Labute approximate surface area is 337 Å². The number of nitrogens with zero attached hydrogens (tertiary/aromatic N) is 1. The van der Waals surface area contributed by atoms with Crippen molar-refractivity contribution in [2.24, 2.45) is 5.73 Å². The maximum absolute atomic E-state index is 13.9. The smallest absolute Gasteiger partial charge is 0.343 e. The summed E-state index contributed by atoms with van der Waals surface area (Å²) < 4.78 is 16.9. The van der Waals surface area contributed by atoms with Gasteiger partial charge in [0.2, 0.25) is 11.8 Å². The van der Waals surface area contributed by atoms with Gasteiger partial charge in [-0.1, -0.05) is 67.4 Å². The Morgan fingerprint density at radius 2 is 1.46 bits per heavy atom. The van der Waals surface area contributed by atoms with Crippen LogP contribution in [0.15, 0.2) is 97.1 Å². The Bertz CT molecular complexity index is 1920. The van der Waals surface area contributed by atoms with E-state index in [-0.39, 0.29) is 11.8 Å². The highest BCUT2D eigenvalue weighted by molar-refractivity contribution is 7.79. The lowest BCUT2D eigenvalue weighted by Gasteiger charge is -2.30. The second kappa shape index (κ2) is 22.7. The van der Waals surface area contributed by atoms with E-state index in [2.05, 4.69) is 23.3 Å². The maximum atomic E-state index is 13.9. The molecule has 296 valence electrons. The maximum Gasteiger partial charge on any atom is 0.343 e. The number of thiol groups is 1. The van der Waals surface area contributed by atoms with Crippen LogP contribution in [0, 0.1) is 0 Å². The minimum absolute atomic E-state index is 0.0119. The van der Waals surface area contributed by atoms with E-state index >= 15 is 0 Å². The number of para-hydroxylation sites is 1. The molecule has 4 aromatic rings. The number of nitrogens with two attached hydrogens (primary N) is 1. The molecule has 1 aliphatic rings. The summed E-state index contributed by atoms with van der Waals surface area (Å²) in [6, 6.07) is 29.7. The lowest BCUT2D eigenvalue weighted by molar-refractivity contribution is -0.122. The van der Waals surface area contributed by atoms with E-state index in [1.807, 2.05) is 72.2 Å². The van der Waals surface area contributed by atoms with E-state index in [9.17, 15) is 14.4 Å². The Balaban J connectivity index is 1.15. The van der Waals surface area contributed by atoms with Gasteiger partial charge < -0.3 is 35.3 Å². The van der Waals surface area contributed by atoms with Crippen LogP contribution >= 0.6 is 21.4 Å². The van der Waals surface area contributed by atoms with Crippen molar-refractivity contribution in [3.8, 4) is 11.5 Å². The lowest BCUT2D eigenvalue weighted by atomic mass is 9.95. The molecule has 0 radical (unpaired) electrons. The van der Waals surface area contributed by atoms with E-state index in [0.717, 1.165) is 60.2 Å². The largest absolute Gasteiger partial charge is 0.492 e. The van der Waals surface area contributed by atoms with E-state index < -0.39 is 5.97 Å². The summed E-state index contributed by atoms with van der Waals surface area (Å²) in [5.41, 5.74) is 13.0. The summed E-state index contributed by atoms with van der Waals surface area (Å²) in [6.45, 7) is 4.62. The van der Waals surface area contributed by atoms with Crippen LogP contribution in [0.5, 0.6) is 11.5 Å². The van der Waals surface area contributed by atoms with Crippen molar-refractivity contribution >= 4 is 56.3 Å². The molecule has 0 aliphatic carbocycles. The number of carbonyl (C=O) groups is 3. The number of ether oxygens (including phenoxy) is 2. The molecule has 0 bridgehead atoms. The average Bonchev–Trinajstić information content (AvgIpc) is 3.22. The first-order valence-electron chi connectivity index (χ1n) is 19.3. The van der Waals surface area contributed by atoms with Gasteiger partial charge >= 0.3 is 5.97 Å². The summed E-state index contributed by atoms with van der Waals surface area (Å²) in [4.78, 5) is 40.8. The molecular formula is C44H53N4O6PS. The average molecular weight is 797 g/mol. The predicted octanol–water partition coefficient (Wildman–Crippen LogP) is 8.11. The first-order valence-corrected chi connectivity index (χ1v) is 21.3. The van der Waals surface area contributed by atoms with Crippen LogP contribution in [0.3, 0.4) is 0 Å². The van der Waals surface area contributed by atoms with E-state index in [1.54, 1.807) is 36.4 Å². The Kier molecular flexibility index (Phi) is 17.1. The number of rotatable bonds is 21. The molecule has 56 heavy (non-hydrogen) atoms.